The molecule has 0 bridgehead atoms. The standard InChI is InChI=1S/C18H15F6NO5S2/c19-17(20,21)12-8-13(18(22,23)24)10-16(9-12)31(26,27)14-2-1-3-15(11-14)32(28,29)25-4-6-30-7-5-25/h1-3,8-11H,4-7H2. The van der Waals surface area contributed by atoms with E-state index in [2.05, 4.69) is 0 Å². The first-order chi connectivity index (χ1) is 14.6. The van der Waals surface area contributed by atoms with Gasteiger partial charge in [0, 0.05) is 13.1 Å². The van der Waals surface area contributed by atoms with Gasteiger partial charge in [-0.15, -0.1) is 0 Å². The molecule has 1 aliphatic heterocycles. The highest BCUT2D eigenvalue weighted by Gasteiger charge is 2.38. The summed E-state index contributed by atoms with van der Waals surface area (Å²) in [6.45, 7) is 0.229. The maximum atomic E-state index is 13.1. The third-order valence-electron chi connectivity index (χ3n) is 4.60. The van der Waals surface area contributed by atoms with Gasteiger partial charge in [-0.1, -0.05) is 6.07 Å². The zero-order valence-corrected chi connectivity index (χ0v) is 17.6. The normalized spacial score (nSPS) is 16.8. The van der Waals surface area contributed by atoms with Gasteiger partial charge in [0.15, 0.2) is 0 Å². The van der Waals surface area contributed by atoms with Crippen molar-refractivity contribution < 1.29 is 47.9 Å². The van der Waals surface area contributed by atoms with Crippen LogP contribution in [0.1, 0.15) is 11.1 Å². The summed E-state index contributed by atoms with van der Waals surface area (Å²) < 4.78 is 136. The molecule has 14 heteroatoms. The summed E-state index contributed by atoms with van der Waals surface area (Å²) in [6, 6.07) is 3.67. The molecule has 0 amide bonds. The zero-order valence-electron chi connectivity index (χ0n) is 15.9. The van der Waals surface area contributed by atoms with Crippen LogP contribution in [-0.4, -0.2) is 47.4 Å². The summed E-state index contributed by atoms with van der Waals surface area (Å²) in [5.74, 6) is 0. The largest absolute Gasteiger partial charge is 0.416 e. The summed E-state index contributed by atoms with van der Waals surface area (Å²) >= 11 is 0. The fraction of sp³-hybridized carbons (Fsp3) is 0.333. The Morgan fingerprint density at radius 2 is 1.22 bits per heavy atom. The summed E-state index contributed by atoms with van der Waals surface area (Å²) in [4.78, 5) is -2.50. The molecule has 0 aromatic heterocycles. The minimum Gasteiger partial charge on any atom is -0.379 e. The number of hydrogen-bond acceptors (Lipinski definition) is 5. The van der Waals surface area contributed by atoms with Gasteiger partial charge in [0.2, 0.25) is 19.9 Å². The molecule has 3 rings (SSSR count). The number of morpholine rings is 1. The van der Waals surface area contributed by atoms with Crippen LogP contribution in [0.15, 0.2) is 57.2 Å². The van der Waals surface area contributed by atoms with Crippen molar-refractivity contribution in [2.45, 2.75) is 27.0 Å². The number of halogens is 6. The van der Waals surface area contributed by atoms with Crippen molar-refractivity contribution in [2.24, 2.45) is 0 Å². The Bertz CT molecular complexity index is 1180. The van der Waals surface area contributed by atoms with E-state index >= 15 is 0 Å². The van der Waals surface area contributed by atoms with E-state index in [1.807, 2.05) is 0 Å². The fourth-order valence-corrected chi connectivity index (χ4v) is 5.86. The van der Waals surface area contributed by atoms with Crippen molar-refractivity contribution in [3.8, 4) is 0 Å². The van der Waals surface area contributed by atoms with Gasteiger partial charge in [0.1, 0.15) is 0 Å². The van der Waals surface area contributed by atoms with Crippen molar-refractivity contribution >= 4 is 19.9 Å². The minimum atomic E-state index is -5.24. The number of sulfonamides is 1. The van der Waals surface area contributed by atoms with Crippen molar-refractivity contribution in [1.82, 2.24) is 4.31 Å². The molecule has 0 radical (unpaired) electrons. The molecule has 1 heterocycles. The molecule has 0 spiro atoms. The fourth-order valence-electron chi connectivity index (χ4n) is 2.96. The predicted molar refractivity (Wildman–Crippen MR) is 97.9 cm³/mol. The van der Waals surface area contributed by atoms with E-state index in [1.54, 1.807) is 0 Å². The second-order valence-electron chi connectivity index (χ2n) is 6.74. The van der Waals surface area contributed by atoms with Gasteiger partial charge in [0.25, 0.3) is 0 Å². The van der Waals surface area contributed by atoms with E-state index in [9.17, 15) is 43.2 Å². The Hall–Kier alpha value is -2.16. The summed E-state index contributed by atoms with van der Waals surface area (Å²) in [5.41, 5.74) is -3.61. The van der Waals surface area contributed by atoms with Crippen LogP contribution in [0.25, 0.3) is 0 Å². The highest BCUT2D eigenvalue weighted by Crippen LogP contribution is 2.38. The van der Waals surface area contributed by atoms with E-state index in [0.29, 0.717) is 6.07 Å². The molecule has 6 nitrogen and oxygen atoms in total. The maximum absolute atomic E-state index is 13.1. The third kappa shape index (κ3) is 4.92. The van der Waals surface area contributed by atoms with Crippen LogP contribution in [0.4, 0.5) is 26.3 Å². The molecule has 0 N–H and O–H groups in total. The number of benzene rings is 2. The quantitative estimate of drug-likeness (QED) is 0.596. The number of alkyl halides is 6. The summed E-state index contributed by atoms with van der Waals surface area (Å²) in [7, 11) is -9.09. The lowest BCUT2D eigenvalue weighted by atomic mass is 10.1. The molecule has 176 valence electrons. The number of rotatable bonds is 4. The average molecular weight is 503 g/mol. The Morgan fingerprint density at radius 3 is 1.72 bits per heavy atom. The Kier molecular flexibility index (Phi) is 6.36. The van der Waals surface area contributed by atoms with Crippen LogP contribution in [0.2, 0.25) is 0 Å². The van der Waals surface area contributed by atoms with Crippen LogP contribution < -0.4 is 0 Å². The lowest BCUT2D eigenvalue weighted by Gasteiger charge is -2.26. The molecule has 1 aliphatic rings. The lowest BCUT2D eigenvalue weighted by Crippen LogP contribution is -2.40. The minimum absolute atomic E-state index is 0.00187. The summed E-state index contributed by atoms with van der Waals surface area (Å²) in [5, 5.41) is 0. The second kappa shape index (κ2) is 8.32. The van der Waals surface area contributed by atoms with Gasteiger partial charge in [-0.25, -0.2) is 16.8 Å². The molecule has 0 unspecified atom stereocenters. The number of hydrogen-bond donors (Lipinski definition) is 0. The highest BCUT2D eigenvalue weighted by atomic mass is 32.2. The second-order valence-corrected chi connectivity index (χ2v) is 10.6. The van der Waals surface area contributed by atoms with Gasteiger partial charge in [-0.05, 0) is 36.4 Å². The molecule has 32 heavy (non-hydrogen) atoms. The van der Waals surface area contributed by atoms with Crippen LogP contribution >= 0.6 is 0 Å². The molecule has 0 saturated carbocycles. The van der Waals surface area contributed by atoms with Crippen LogP contribution in [-0.2, 0) is 37.0 Å². The van der Waals surface area contributed by atoms with Crippen LogP contribution in [0, 0.1) is 0 Å². The highest BCUT2D eigenvalue weighted by molar-refractivity contribution is 7.91. The molecule has 0 aliphatic carbocycles. The molecule has 1 saturated heterocycles. The van der Waals surface area contributed by atoms with Gasteiger partial charge in [0.05, 0.1) is 39.0 Å². The van der Waals surface area contributed by atoms with E-state index in [1.165, 1.54) is 0 Å². The first kappa shape index (κ1) is 24.5. The van der Waals surface area contributed by atoms with E-state index < -0.39 is 58.0 Å². The van der Waals surface area contributed by atoms with Gasteiger partial charge >= 0.3 is 12.4 Å². The van der Waals surface area contributed by atoms with Crippen LogP contribution in [0.3, 0.4) is 0 Å². The van der Waals surface area contributed by atoms with E-state index in [-0.39, 0.29) is 44.5 Å². The molecule has 0 atom stereocenters. The molecule has 1 fully saturated rings. The maximum Gasteiger partial charge on any atom is 0.416 e. The van der Waals surface area contributed by atoms with Crippen molar-refractivity contribution in [2.75, 3.05) is 26.3 Å². The average Bonchev–Trinajstić information content (AvgIpc) is 2.73. The Labute approximate surface area is 179 Å². The number of nitrogens with zero attached hydrogens (tertiary/aromatic N) is 1. The smallest absolute Gasteiger partial charge is 0.379 e. The lowest BCUT2D eigenvalue weighted by molar-refractivity contribution is -0.143. The first-order valence-corrected chi connectivity index (χ1v) is 11.8. The predicted octanol–water partition coefficient (Wildman–Crippen LogP) is 3.58. The van der Waals surface area contributed by atoms with Crippen molar-refractivity contribution in [3.63, 3.8) is 0 Å². The summed E-state index contributed by atoms with van der Waals surface area (Å²) in [6.07, 6.45) is -10.5. The monoisotopic (exact) mass is 503 g/mol. The zero-order chi connectivity index (χ0) is 23.9. The Balaban J connectivity index is 2.12. The molecule has 2 aromatic rings. The van der Waals surface area contributed by atoms with Crippen LogP contribution in [0.5, 0.6) is 0 Å². The van der Waals surface area contributed by atoms with Gasteiger partial charge in [-0.2, -0.15) is 30.6 Å². The SMILES string of the molecule is O=S(=O)(c1cc(C(F)(F)F)cc(C(F)(F)F)c1)c1cccc(S(=O)(=O)N2CCOCC2)c1. The molecular formula is C18H15F6NO5S2. The third-order valence-corrected chi connectivity index (χ3v) is 8.22. The van der Waals surface area contributed by atoms with Crippen molar-refractivity contribution in [3.05, 3.63) is 53.6 Å². The topological polar surface area (TPSA) is 80.8 Å². The first-order valence-electron chi connectivity index (χ1n) is 8.86. The van der Waals surface area contributed by atoms with Gasteiger partial charge in [-0.3, -0.25) is 0 Å². The Morgan fingerprint density at radius 1 is 0.719 bits per heavy atom. The van der Waals surface area contributed by atoms with Crippen molar-refractivity contribution in [1.29, 1.82) is 0 Å². The number of ether oxygens (including phenoxy) is 1. The molecule has 2 aromatic carbocycles. The van der Waals surface area contributed by atoms with E-state index in [4.69, 9.17) is 4.74 Å². The number of sulfone groups is 1. The van der Waals surface area contributed by atoms with Gasteiger partial charge < -0.3 is 4.74 Å². The molecular weight excluding hydrogens is 488 g/mol. The van der Waals surface area contributed by atoms with E-state index in [0.717, 1.165) is 22.5 Å².